The van der Waals surface area contributed by atoms with Gasteiger partial charge in [0, 0.05) is 13.2 Å². The van der Waals surface area contributed by atoms with Crippen LogP contribution in [0.25, 0.3) is 0 Å². The van der Waals surface area contributed by atoms with Gasteiger partial charge in [-0.15, -0.1) is 0 Å². The monoisotopic (exact) mass is 349 g/mol. The minimum atomic E-state index is -0.914. The Morgan fingerprint density at radius 3 is 2.68 bits per heavy atom. The number of nitrogens with one attached hydrogen (secondary N) is 1. The van der Waals surface area contributed by atoms with Crippen molar-refractivity contribution in [2.45, 2.75) is 45.1 Å². The molecule has 6 heteroatoms. The molecule has 1 aromatic rings. The van der Waals surface area contributed by atoms with Crippen molar-refractivity contribution < 1.29 is 24.2 Å². The smallest absolute Gasteiger partial charge is 0.308 e. The Morgan fingerprint density at radius 1 is 1.32 bits per heavy atom. The van der Waals surface area contributed by atoms with E-state index in [2.05, 4.69) is 5.32 Å². The number of rotatable bonds is 9. The topological polar surface area (TPSA) is 84.9 Å². The van der Waals surface area contributed by atoms with Gasteiger partial charge in [-0.25, -0.2) is 0 Å². The van der Waals surface area contributed by atoms with Gasteiger partial charge in [-0.3, -0.25) is 9.59 Å². The molecule has 2 N–H and O–H groups in total. The lowest BCUT2D eigenvalue weighted by Crippen LogP contribution is -2.36. The summed E-state index contributed by atoms with van der Waals surface area (Å²) in [7, 11) is 0. The third-order valence-electron chi connectivity index (χ3n) is 4.30. The van der Waals surface area contributed by atoms with Gasteiger partial charge in [-0.1, -0.05) is 12.1 Å². The summed E-state index contributed by atoms with van der Waals surface area (Å²) in [5.41, 5.74) is 0.903. The molecule has 138 valence electrons. The van der Waals surface area contributed by atoms with Gasteiger partial charge in [0.15, 0.2) is 0 Å². The van der Waals surface area contributed by atoms with E-state index in [1.54, 1.807) is 0 Å². The van der Waals surface area contributed by atoms with E-state index in [1.165, 1.54) is 0 Å². The molecule has 1 saturated heterocycles. The van der Waals surface area contributed by atoms with Crippen molar-refractivity contribution >= 4 is 11.9 Å². The number of hydrogen-bond donors (Lipinski definition) is 2. The highest BCUT2D eigenvalue weighted by Gasteiger charge is 2.21. The number of hydrogen-bond acceptors (Lipinski definition) is 4. The number of aliphatic carboxylic acids is 1. The Balaban J connectivity index is 1.81. The van der Waals surface area contributed by atoms with Crippen molar-refractivity contribution in [1.29, 1.82) is 0 Å². The van der Waals surface area contributed by atoms with Crippen molar-refractivity contribution in [2.24, 2.45) is 5.92 Å². The van der Waals surface area contributed by atoms with Crippen molar-refractivity contribution in [2.75, 3.05) is 19.8 Å². The van der Waals surface area contributed by atoms with Crippen LogP contribution in [0.5, 0.6) is 5.75 Å². The Bertz CT molecular complexity index is 551. The number of amides is 1. The molecule has 25 heavy (non-hydrogen) atoms. The van der Waals surface area contributed by atoms with Crippen LogP contribution in [-0.2, 0) is 20.7 Å². The number of carbonyl (C=O) groups excluding carboxylic acids is 1. The normalized spacial score (nSPS) is 18.4. The van der Waals surface area contributed by atoms with Gasteiger partial charge in [0.05, 0.1) is 25.0 Å². The van der Waals surface area contributed by atoms with Crippen molar-refractivity contribution in [3.63, 3.8) is 0 Å². The maximum absolute atomic E-state index is 12.0. The predicted octanol–water partition coefficient (Wildman–Crippen LogP) is 2.40. The van der Waals surface area contributed by atoms with E-state index < -0.39 is 11.9 Å². The minimum Gasteiger partial charge on any atom is -0.494 e. The lowest BCUT2D eigenvalue weighted by atomic mass is 9.99. The molecular weight excluding hydrogens is 322 g/mol. The van der Waals surface area contributed by atoms with Gasteiger partial charge in [-0.2, -0.15) is 0 Å². The van der Waals surface area contributed by atoms with E-state index in [9.17, 15) is 14.7 Å². The first-order chi connectivity index (χ1) is 12.1. The van der Waals surface area contributed by atoms with Crippen molar-refractivity contribution in [3.8, 4) is 5.75 Å². The van der Waals surface area contributed by atoms with Gasteiger partial charge < -0.3 is 19.9 Å². The molecule has 0 radical (unpaired) electrons. The van der Waals surface area contributed by atoms with Gasteiger partial charge in [-0.05, 0) is 50.3 Å². The fraction of sp³-hybridized carbons (Fsp3) is 0.579. The molecule has 1 aromatic carbocycles. The number of benzene rings is 1. The van der Waals surface area contributed by atoms with Crippen LogP contribution in [0.3, 0.4) is 0 Å². The fourth-order valence-electron chi connectivity index (χ4n) is 2.90. The van der Waals surface area contributed by atoms with Crippen LogP contribution in [0.2, 0.25) is 0 Å². The molecule has 1 heterocycles. The van der Waals surface area contributed by atoms with Crippen molar-refractivity contribution in [1.82, 2.24) is 5.32 Å². The van der Waals surface area contributed by atoms with Crippen LogP contribution in [0.4, 0.5) is 0 Å². The Kier molecular flexibility index (Phi) is 7.73. The molecule has 1 amide bonds. The van der Waals surface area contributed by atoms with E-state index in [-0.39, 0.29) is 18.6 Å². The number of carbonyl (C=O) groups is 2. The van der Waals surface area contributed by atoms with Gasteiger partial charge >= 0.3 is 5.97 Å². The second kappa shape index (κ2) is 10.0. The van der Waals surface area contributed by atoms with Gasteiger partial charge in [0.2, 0.25) is 5.91 Å². The Hall–Kier alpha value is -2.08. The van der Waals surface area contributed by atoms with E-state index in [4.69, 9.17) is 9.47 Å². The molecule has 1 aliphatic heterocycles. The first kappa shape index (κ1) is 19.2. The SMILES string of the molecule is CCOc1ccc(CC(CNC(=O)CC2CCCCO2)C(=O)O)cc1. The maximum Gasteiger partial charge on any atom is 0.308 e. The highest BCUT2D eigenvalue weighted by atomic mass is 16.5. The van der Waals surface area contributed by atoms with Crippen LogP contribution >= 0.6 is 0 Å². The summed E-state index contributed by atoms with van der Waals surface area (Å²) in [6.07, 6.45) is 3.64. The number of ether oxygens (including phenoxy) is 2. The lowest BCUT2D eigenvalue weighted by Gasteiger charge is -2.22. The van der Waals surface area contributed by atoms with Gasteiger partial charge in [0.25, 0.3) is 0 Å². The molecule has 2 unspecified atom stereocenters. The molecule has 6 nitrogen and oxygen atoms in total. The zero-order valence-corrected chi connectivity index (χ0v) is 14.7. The molecule has 0 aliphatic carbocycles. The first-order valence-corrected chi connectivity index (χ1v) is 8.91. The van der Waals surface area contributed by atoms with Crippen molar-refractivity contribution in [3.05, 3.63) is 29.8 Å². The average molecular weight is 349 g/mol. The average Bonchev–Trinajstić information content (AvgIpc) is 2.61. The van der Waals surface area contributed by atoms with Crippen LogP contribution in [0, 0.1) is 5.92 Å². The van der Waals surface area contributed by atoms with E-state index >= 15 is 0 Å². The van der Waals surface area contributed by atoms with E-state index in [0.717, 1.165) is 30.6 Å². The van der Waals surface area contributed by atoms with E-state index in [0.29, 0.717) is 26.1 Å². The molecule has 0 spiro atoms. The minimum absolute atomic E-state index is 0.0388. The standard InChI is InChI=1S/C19H27NO5/c1-2-24-16-8-6-14(7-9-16)11-15(19(22)23)13-20-18(21)12-17-5-3-4-10-25-17/h6-9,15,17H,2-5,10-13H2,1H3,(H,20,21)(H,22,23). The predicted molar refractivity (Wildman–Crippen MR) is 93.7 cm³/mol. The van der Waals surface area contributed by atoms with E-state index in [1.807, 2.05) is 31.2 Å². The highest BCUT2D eigenvalue weighted by molar-refractivity contribution is 5.77. The summed E-state index contributed by atoms with van der Waals surface area (Å²) < 4.78 is 10.9. The summed E-state index contributed by atoms with van der Waals surface area (Å²) in [6.45, 7) is 3.32. The quantitative estimate of drug-likeness (QED) is 0.715. The molecule has 0 bridgehead atoms. The summed E-state index contributed by atoms with van der Waals surface area (Å²) in [5.74, 6) is -0.957. The van der Waals surface area contributed by atoms with Crippen LogP contribution in [0.1, 0.15) is 38.2 Å². The molecule has 2 atom stereocenters. The number of carboxylic acid groups (broad SMARTS) is 1. The summed E-state index contributed by atoms with van der Waals surface area (Å²) in [6, 6.07) is 7.38. The molecule has 0 aromatic heterocycles. The lowest BCUT2D eigenvalue weighted by molar-refractivity contribution is -0.141. The zero-order chi connectivity index (χ0) is 18.1. The summed E-state index contributed by atoms with van der Waals surface area (Å²) >= 11 is 0. The van der Waals surface area contributed by atoms with Gasteiger partial charge in [0.1, 0.15) is 5.75 Å². The largest absolute Gasteiger partial charge is 0.494 e. The second-order valence-corrected chi connectivity index (χ2v) is 6.31. The molecule has 1 aliphatic rings. The highest BCUT2D eigenvalue weighted by Crippen LogP contribution is 2.17. The first-order valence-electron chi connectivity index (χ1n) is 8.91. The number of carboxylic acids is 1. The molecular formula is C19H27NO5. The third kappa shape index (κ3) is 6.74. The molecule has 1 fully saturated rings. The summed E-state index contributed by atoms with van der Waals surface area (Å²) in [5, 5.41) is 12.1. The fourth-order valence-corrected chi connectivity index (χ4v) is 2.90. The maximum atomic E-state index is 12.0. The van der Waals surface area contributed by atoms with Crippen LogP contribution in [-0.4, -0.2) is 42.8 Å². The molecule has 0 saturated carbocycles. The van der Waals surface area contributed by atoms with Crippen LogP contribution < -0.4 is 10.1 Å². The summed E-state index contributed by atoms with van der Waals surface area (Å²) in [4.78, 5) is 23.5. The Labute approximate surface area is 148 Å². The molecule has 2 rings (SSSR count). The van der Waals surface area contributed by atoms with Crippen LogP contribution in [0.15, 0.2) is 24.3 Å². The second-order valence-electron chi connectivity index (χ2n) is 6.31. The Morgan fingerprint density at radius 2 is 2.08 bits per heavy atom. The zero-order valence-electron chi connectivity index (χ0n) is 14.7. The third-order valence-corrected chi connectivity index (χ3v) is 4.30.